The summed E-state index contributed by atoms with van der Waals surface area (Å²) in [5.74, 6) is -2.42. The second kappa shape index (κ2) is 11.6. The highest BCUT2D eigenvalue weighted by Crippen LogP contribution is 2.54. The van der Waals surface area contributed by atoms with Gasteiger partial charge in [0.2, 0.25) is 0 Å². The van der Waals surface area contributed by atoms with Gasteiger partial charge in [-0.15, -0.1) is 0 Å². The van der Waals surface area contributed by atoms with Crippen LogP contribution in [0, 0.1) is 29.1 Å². The van der Waals surface area contributed by atoms with Gasteiger partial charge in [0.1, 0.15) is 29.5 Å². The van der Waals surface area contributed by atoms with Gasteiger partial charge in [-0.05, 0) is 55.2 Å². The first-order valence-electron chi connectivity index (χ1n) is 14.4. The molecule has 8 nitrogen and oxygen atoms in total. The molecule has 9 atom stereocenters. The first-order chi connectivity index (χ1) is 18.8. The Labute approximate surface area is 237 Å². The molecule has 2 heterocycles. The third kappa shape index (κ3) is 5.70. The third-order valence-corrected chi connectivity index (χ3v) is 9.25. The molecule has 1 N–H and O–H groups in total. The fourth-order valence-electron chi connectivity index (χ4n) is 6.90. The number of phenols is 1. The van der Waals surface area contributed by atoms with Crippen LogP contribution in [0.3, 0.4) is 0 Å². The van der Waals surface area contributed by atoms with Gasteiger partial charge in [-0.25, -0.2) is 0 Å². The molecule has 3 aliphatic rings. The van der Waals surface area contributed by atoms with Crippen LogP contribution in [0.1, 0.15) is 78.9 Å². The summed E-state index contributed by atoms with van der Waals surface area (Å²) in [6, 6.07) is 7.09. The Morgan fingerprint density at radius 1 is 1.18 bits per heavy atom. The molecule has 0 amide bonds. The van der Waals surface area contributed by atoms with Gasteiger partial charge in [-0.2, -0.15) is 0 Å². The van der Waals surface area contributed by atoms with Crippen LogP contribution in [0.5, 0.6) is 5.75 Å². The number of phenolic OH excluding ortho intramolecular Hbond substituents is 1. The number of Topliss-reactive ketones (excluding diaryl/α,β-unsaturated/α-hetero) is 1. The van der Waals surface area contributed by atoms with E-state index in [1.165, 1.54) is 0 Å². The van der Waals surface area contributed by atoms with E-state index in [4.69, 9.17) is 18.9 Å². The number of hydrogen-bond donors (Lipinski definition) is 1. The molecule has 0 aromatic heterocycles. The van der Waals surface area contributed by atoms with E-state index in [1.807, 2.05) is 32.9 Å². The molecular formula is C32H44O8. The number of rotatable bonds is 8. The van der Waals surface area contributed by atoms with Gasteiger partial charge in [-0.1, -0.05) is 58.9 Å². The van der Waals surface area contributed by atoms with E-state index in [9.17, 15) is 19.5 Å². The lowest BCUT2D eigenvalue weighted by atomic mass is 9.55. The molecule has 0 bridgehead atoms. The molecule has 4 rings (SSSR count). The van der Waals surface area contributed by atoms with Crippen molar-refractivity contribution in [3.63, 3.8) is 0 Å². The molecule has 1 saturated heterocycles. The average molecular weight is 557 g/mol. The van der Waals surface area contributed by atoms with E-state index in [0.717, 1.165) is 12.0 Å². The summed E-state index contributed by atoms with van der Waals surface area (Å²) in [5.41, 5.74) is -0.816. The Morgan fingerprint density at radius 2 is 1.90 bits per heavy atom. The number of esters is 2. The van der Waals surface area contributed by atoms with Crippen LogP contribution in [-0.2, 0) is 33.3 Å². The molecule has 0 radical (unpaired) electrons. The van der Waals surface area contributed by atoms with Crippen molar-refractivity contribution in [1.82, 2.24) is 0 Å². The molecule has 1 unspecified atom stereocenters. The number of methoxy groups -OCH3 is 1. The lowest BCUT2D eigenvalue weighted by molar-refractivity contribution is -0.218. The highest BCUT2D eigenvalue weighted by Gasteiger charge is 2.63. The van der Waals surface area contributed by atoms with Crippen LogP contribution in [0.25, 0.3) is 0 Å². The van der Waals surface area contributed by atoms with Crippen molar-refractivity contribution in [3.05, 3.63) is 42.0 Å². The predicted octanol–water partition coefficient (Wildman–Crippen LogP) is 5.32. The topological polar surface area (TPSA) is 108 Å². The number of aromatic hydroxyl groups is 1. The highest BCUT2D eigenvalue weighted by molar-refractivity contribution is 6.03. The quantitative estimate of drug-likeness (QED) is 0.260. The lowest BCUT2D eigenvalue weighted by Gasteiger charge is -2.56. The fourth-order valence-corrected chi connectivity index (χ4v) is 6.90. The Bertz CT molecular complexity index is 1140. The zero-order valence-corrected chi connectivity index (χ0v) is 24.7. The van der Waals surface area contributed by atoms with Gasteiger partial charge < -0.3 is 24.1 Å². The minimum absolute atomic E-state index is 0.0208. The van der Waals surface area contributed by atoms with Crippen molar-refractivity contribution >= 4 is 17.7 Å². The Balaban J connectivity index is 1.58. The molecule has 1 aromatic rings. The van der Waals surface area contributed by atoms with Crippen molar-refractivity contribution in [2.24, 2.45) is 29.1 Å². The van der Waals surface area contributed by atoms with Gasteiger partial charge in [0.15, 0.2) is 5.78 Å². The van der Waals surface area contributed by atoms with E-state index in [-0.39, 0.29) is 47.9 Å². The fraction of sp³-hybridized carbons (Fsp3) is 0.656. The molecule has 2 fully saturated rings. The largest absolute Gasteiger partial charge is 0.508 e. The van der Waals surface area contributed by atoms with E-state index in [1.54, 1.807) is 32.2 Å². The van der Waals surface area contributed by atoms with E-state index < -0.39 is 41.1 Å². The third-order valence-electron chi connectivity index (χ3n) is 9.25. The summed E-state index contributed by atoms with van der Waals surface area (Å²) < 4.78 is 23.7. The van der Waals surface area contributed by atoms with Gasteiger partial charge in [0, 0.05) is 18.9 Å². The first-order valence-corrected chi connectivity index (χ1v) is 14.4. The minimum atomic E-state index is -1.18. The SMILES string of the molecule is COC(CC[C@H](C)[C@H]1O[C@@]2(C=C[C@@H]1C)[C@H](C(=O)O[C@@H]1CC(=O)O[C@@H]1C)C(=O)[C@H](C)CC2(C)C)c1cccc(O)c1. The summed E-state index contributed by atoms with van der Waals surface area (Å²) in [5, 5.41) is 9.92. The highest BCUT2D eigenvalue weighted by atomic mass is 16.6. The number of ketones is 1. The number of carbonyl (C=O) groups is 3. The average Bonchev–Trinajstić information content (AvgIpc) is 3.20. The van der Waals surface area contributed by atoms with Crippen molar-refractivity contribution in [3.8, 4) is 5.75 Å². The molecule has 2 aliphatic heterocycles. The lowest BCUT2D eigenvalue weighted by Crippen LogP contribution is -2.65. The van der Waals surface area contributed by atoms with E-state index in [0.29, 0.717) is 12.8 Å². The maximum atomic E-state index is 13.8. The standard InChI is InChI=1S/C32H44O8/c1-18(11-12-24(37-7)22-9-8-10-23(33)15-22)29-19(2)13-14-32(40-29)27(28(35)20(3)17-31(32,5)6)30(36)39-25-16-26(34)38-21(25)4/h8-10,13-15,18-21,24-25,27,29,33H,11-12,16-17H2,1-7H3/t18-,19-,20+,21+,24?,25+,27-,29+,32-/m0/s1. The van der Waals surface area contributed by atoms with Crippen LogP contribution in [0.4, 0.5) is 0 Å². The summed E-state index contributed by atoms with van der Waals surface area (Å²) in [7, 11) is 1.66. The van der Waals surface area contributed by atoms with E-state index >= 15 is 0 Å². The molecule has 220 valence electrons. The first kappa shape index (κ1) is 30.3. The number of benzene rings is 1. The molecule has 40 heavy (non-hydrogen) atoms. The zero-order chi connectivity index (χ0) is 29.4. The summed E-state index contributed by atoms with van der Waals surface area (Å²) in [6.45, 7) is 11.8. The maximum absolute atomic E-state index is 13.8. The molecule has 1 saturated carbocycles. The van der Waals surface area contributed by atoms with Crippen molar-refractivity contribution < 1.29 is 38.4 Å². The van der Waals surface area contributed by atoms with E-state index in [2.05, 4.69) is 19.9 Å². The Morgan fingerprint density at radius 3 is 2.52 bits per heavy atom. The van der Waals surface area contributed by atoms with Gasteiger partial charge in [-0.3, -0.25) is 14.4 Å². The minimum Gasteiger partial charge on any atom is -0.508 e. The summed E-state index contributed by atoms with van der Waals surface area (Å²) in [4.78, 5) is 39.2. The number of cyclic esters (lactones) is 1. The smallest absolute Gasteiger partial charge is 0.320 e. The molecule has 1 aliphatic carbocycles. The van der Waals surface area contributed by atoms with Crippen LogP contribution >= 0.6 is 0 Å². The molecule has 8 heteroatoms. The zero-order valence-electron chi connectivity index (χ0n) is 24.7. The molecule has 1 aromatic carbocycles. The number of carbonyl (C=O) groups excluding carboxylic acids is 3. The van der Waals surface area contributed by atoms with Gasteiger partial charge in [0.05, 0.1) is 18.6 Å². The monoisotopic (exact) mass is 556 g/mol. The van der Waals surface area contributed by atoms with Crippen LogP contribution in [-0.4, -0.2) is 53.9 Å². The normalized spacial score (nSPS) is 34.9. The predicted molar refractivity (Wildman–Crippen MR) is 148 cm³/mol. The second-order valence-electron chi connectivity index (χ2n) is 12.7. The van der Waals surface area contributed by atoms with Gasteiger partial charge >= 0.3 is 11.9 Å². The Hall–Kier alpha value is -2.71. The van der Waals surface area contributed by atoms with Crippen LogP contribution in [0.15, 0.2) is 36.4 Å². The van der Waals surface area contributed by atoms with Crippen molar-refractivity contribution in [1.29, 1.82) is 0 Å². The van der Waals surface area contributed by atoms with Crippen molar-refractivity contribution in [2.75, 3.05) is 7.11 Å². The van der Waals surface area contributed by atoms with Crippen LogP contribution < -0.4 is 0 Å². The molecule has 1 spiro atoms. The summed E-state index contributed by atoms with van der Waals surface area (Å²) in [6.07, 6.45) is 4.29. The van der Waals surface area contributed by atoms with Gasteiger partial charge in [0.25, 0.3) is 0 Å². The van der Waals surface area contributed by atoms with Crippen molar-refractivity contribution in [2.45, 2.75) is 97.2 Å². The van der Waals surface area contributed by atoms with Crippen LogP contribution in [0.2, 0.25) is 0 Å². The Kier molecular flexibility index (Phi) is 8.81. The summed E-state index contributed by atoms with van der Waals surface area (Å²) >= 11 is 0. The maximum Gasteiger partial charge on any atom is 0.320 e. The number of hydrogen-bond acceptors (Lipinski definition) is 8. The molecular weight excluding hydrogens is 512 g/mol. The second-order valence-corrected chi connectivity index (χ2v) is 12.7. The number of ether oxygens (including phenoxy) is 4.